The van der Waals surface area contributed by atoms with Gasteiger partial charge in [0, 0.05) is 11.6 Å². The van der Waals surface area contributed by atoms with E-state index in [1.165, 1.54) is 11.1 Å². The second kappa shape index (κ2) is 5.17. The van der Waals surface area contributed by atoms with Crippen molar-refractivity contribution in [1.29, 1.82) is 0 Å². The molecule has 0 saturated carbocycles. The number of anilines is 1. The van der Waals surface area contributed by atoms with Crippen LogP contribution in [0.4, 0.5) is 5.82 Å². The molecule has 1 N–H and O–H groups in total. The molecule has 18 heavy (non-hydrogen) atoms. The average Bonchev–Trinajstić information content (AvgIpc) is 2.27. The van der Waals surface area contributed by atoms with Crippen LogP contribution in [0.1, 0.15) is 25.0 Å². The van der Waals surface area contributed by atoms with Gasteiger partial charge in [0.1, 0.15) is 5.82 Å². The van der Waals surface area contributed by atoms with E-state index in [1.54, 1.807) is 0 Å². The van der Waals surface area contributed by atoms with Gasteiger partial charge in [-0.1, -0.05) is 17.2 Å². The van der Waals surface area contributed by atoms with E-state index in [-0.39, 0.29) is 0 Å². The SMILES string of the molecule is Cc1cc(C)cc(-c2ccc(NC(C)C)nn2)c1. The highest BCUT2D eigenvalue weighted by atomic mass is 15.2. The number of rotatable bonds is 3. The molecule has 94 valence electrons. The van der Waals surface area contributed by atoms with Crippen molar-refractivity contribution in [3.63, 3.8) is 0 Å². The Morgan fingerprint density at radius 2 is 1.61 bits per heavy atom. The van der Waals surface area contributed by atoms with Crippen LogP contribution in [0.5, 0.6) is 0 Å². The number of nitrogens with zero attached hydrogens (tertiary/aromatic N) is 2. The first-order valence-electron chi connectivity index (χ1n) is 6.23. The first kappa shape index (κ1) is 12.6. The molecule has 1 heterocycles. The monoisotopic (exact) mass is 241 g/mol. The molecule has 0 aliphatic heterocycles. The summed E-state index contributed by atoms with van der Waals surface area (Å²) in [5, 5.41) is 11.7. The molecule has 0 bridgehead atoms. The fourth-order valence-corrected chi connectivity index (χ4v) is 1.98. The van der Waals surface area contributed by atoms with Gasteiger partial charge in [0.25, 0.3) is 0 Å². The Kier molecular flexibility index (Phi) is 3.60. The first-order valence-corrected chi connectivity index (χ1v) is 6.23. The largest absolute Gasteiger partial charge is 0.366 e. The zero-order valence-corrected chi connectivity index (χ0v) is 11.4. The Morgan fingerprint density at radius 1 is 0.944 bits per heavy atom. The topological polar surface area (TPSA) is 37.8 Å². The van der Waals surface area contributed by atoms with Crippen molar-refractivity contribution in [1.82, 2.24) is 10.2 Å². The van der Waals surface area contributed by atoms with E-state index in [9.17, 15) is 0 Å². The number of benzene rings is 1. The number of hydrogen-bond acceptors (Lipinski definition) is 3. The maximum Gasteiger partial charge on any atom is 0.148 e. The third kappa shape index (κ3) is 3.06. The summed E-state index contributed by atoms with van der Waals surface area (Å²) in [4.78, 5) is 0. The van der Waals surface area contributed by atoms with E-state index in [0.717, 1.165) is 17.1 Å². The second-order valence-corrected chi connectivity index (χ2v) is 4.98. The Hall–Kier alpha value is -1.90. The van der Waals surface area contributed by atoms with Crippen LogP contribution in [0.25, 0.3) is 11.3 Å². The first-order chi connectivity index (χ1) is 8.54. The van der Waals surface area contributed by atoms with Gasteiger partial charge in [-0.05, 0) is 52.0 Å². The van der Waals surface area contributed by atoms with Crippen molar-refractivity contribution < 1.29 is 0 Å². The van der Waals surface area contributed by atoms with Gasteiger partial charge >= 0.3 is 0 Å². The molecule has 2 rings (SSSR count). The smallest absolute Gasteiger partial charge is 0.148 e. The number of aromatic nitrogens is 2. The molecule has 1 aromatic heterocycles. The lowest BCUT2D eigenvalue weighted by Crippen LogP contribution is -2.11. The lowest BCUT2D eigenvalue weighted by Gasteiger charge is -2.09. The van der Waals surface area contributed by atoms with Crippen molar-refractivity contribution in [3.05, 3.63) is 41.5 Å². The molecule has 0 fully saturated rings. The highest BCUT2D eigenvalue weighted by Crippen LogP contribution is 2.20. The maximum absolute atomic E-state index is 4.27. The van der Waals surface area contributed by atoms with Crippen molar-refractivity contribution >= 4 is 5.82 Å². The Morgan fingerprint density at radius 3 is 2.11 bits per heavy atom. The maximum atomic E-state index is 4.27. The van der Waals surface area contributed by atoms with E-state index < -0.39 is 0 Å². The summed E-state index contributed by atoms with van der Waals surface area (Å²) in [5.41, 5.74) is 4.53. The van der Waals surface area contributed by atoms with Gasteiger partial charge in [0.15, 0.2) is 0 Å². The van der Waals surface area contributed by atoms with Crippen molar-refractivity contribution in [2.24, 2.45) is 0 Å². The highest BCUT2D eigenvalue weighted by molar-refractivity contribution is 5.61. The highest BCUT2D eigenvalue weighted by Gasteiger charge is 2.03. The Labute approximate surface area is 108 Å². The summed E-state index contributed by atoms with van der Waals surface area (Å²) in [7, 11) is 0. The zero-order valence-electron chi connectivity index (χ0n) is 11.4. The van der Waals surface area contributed by atoms with Crippen LogP contribution < -0.4 is 5.32 Å². The summed E-state index contributed by atoms with van der Waals surface area (Å²) in [6.07, 6.45) is 0. The Bertz CT molecular complexity index is 510. The molecule has 0 aliphatic rings. The van der Waals surface area contributed by atoms with Gasteiger partial charge in [-0.25, -0.2) is 0 Å². The van der Waals surface area contributed by atoms with E-state index in [4.69, 9.17) is 0 Å². The van der Waals surface area contributed by atoms with Gasteiger partial charge in [-0.2, -0.15) is 0 Å². The van der Waals surface area contributed by atoms with Crippen molar-refractivity contribution in [2.75, 3.05) is 5.32 Å². The van der Waals surface area contributed by atoms with Crippen LogP contribution in [0.3, 0.4) is 0 Å². The van der Waals surface area contributed by atoms with Crippen molar-refractivity contribution in [2.45, 2.75) is 33.7 Å². The molecule has 0 atom stereocenters. The van der Waals surface area contributed by atoms with Crippen LogP contribution in [0.15, 0.2) is 30.3 Å². The third-order valence-corrected chi connectivity index (χ3v) is 2.62. The molecule has 0 spiro atoms. The lowest BCUT2D eigenvalue weighted by atomic mass is 10.1. The average molecular weight is 241 g/mol. The van der Waals surface area contributed by atoms with Crippen LogP contribution in [0, 0.1) is 13.8 Å². The Balaban J connectivity index is 2.28. The second-order valence-electron chi connectivity index (χ2n) is 4.98. The molecule has 0 saturated heterocycles. The predicted molar refractivity (Wildman–Crippen MR) is 75.7 cm³/mol. The van der Waals surface area contributed by atoms with Gasteiger partial charge in [0.05, 0.1) is 5.69 Å². The molecule has 0 aliphatic carbocycles. The molecule has 1 aromatic carbocycles. The molecule has 2 aromatic rings. The minimum atomic E-state index is 0.367. The number of nitrogens with one attached hydrogen (secondary N) is 1. The summed E-state index contributed by atoms with van der Waals surface area (Å²) >= 11 is 0. The summed E-state index contributed by atoms with van der Waals surface area (Å²) in [6, 6.07) is 10.8. The third-order valence-electron chi connectivity index (χ3n) is 2.62. The minimum Gasteiger partial charge on any atom is -0.366 e. The molecular weight excluding hydrogens is 222 g/mol. The lowest BCUT2D eigenvalue weighted by molar-refractivity contribution is 0.874. The fourth-order valence-electron chi connectivity index (χ4n) is 1.98. The van der Waals surface area contributed by atoms with Crippen LogP contribution in [-0.4, -0.2) is 16.2 Å². The molecule has 3 nitrogen and oxygen atoms in total. The van der Waals surface area contributed by atoms with Gasteiger partial charge in [-0.15, -0.1) is 10.2 Å². The normalized spacial score (nSPS) is 10.7. The van der Waals surface area contributed by atoms with Crippen LogP contribution in [-0.2, 0) is 0 Å². The van der Waals surface area contributed by atoms with E-state index in [0.29, 0.717) is 6.04 Å². The van der Waals surface area contributed by atoms with E-state index >= 15 is 0 Å². The summed E-state index contributed by atoms with van der Waals surface area (Å²) in [6.45, 7) is 8.36. The minimum absolute atomic E-state index is 0.367. The number of aryl methyl sites for hydroxylation is 2. The predicted octanol–water partition coefficient (Wildman–Crippen LogP) is 3.58. The molecule has 0 amide bonds. The van der Waals surface area contributed by atoms with Gasteiger partial charge < -0.3 is 5.32 Å². The summed E-state index contributed by atoms with van der Waals surface area (Å²) in [5.74, 6) is 0.818. The summed E-state index contributed by atoms with van der Waals surface area (Å²) < 4.78 is 0. The number of hydrogen-bond donors (Lipinski definition) is 1. The zero-order chi connectivity index (χ0) is 13.1. The van der Waals surface area contributed by atoms with E-state index in [2.05, 4.69) is 61.4 Å². The van der Waals surface area contributed by atoms with Crippen LogP contribution >= 0.6 is 0 Å². The van der Waals surface area contributed by atoms with Gasteiger partial charge in [0.2, 0.25) is 0 Å². The standard InChI is InChI=1S/C15H19N3/c1-10(2)16-15-6-5-14(17-18-15)13-8-11(3)7-12(4)9-13/h5-10H,1-4H3,(H,16,18). The quantitative estimate of drug-likeness (QED) is 0.892. The molecule has 0 radical (unpaired) electrons. The molecule has 3 heteroatoms. The molecular formula is C15H19N3. The van der Waals surface area contributed by atoms with E-state index in [1.807, 2.05) is 12.1 Å². The molecule has 0 unspecified atom stereocenters. The van der Waals surface area contributed by atoms with Gasteiger partial charge in [-0.3, -0.25) is 0 Å². The van der Waals surface area contributed by atoms with Crippen LogP contribution in [0.2, 0.25) is 0 Å². The van der Waals surface area contributed by atoms with Crippen molar-refractivity contribution in [3.8, 4) is 11.3 Å². The fraction of sp³-hybridized carbons (Fsp3) is 0.333.